The lowest BCUT2D eigenvalue weighted by molar-refractivity contribution is -0.129. The van der Waals surface area contributed by atoms with Gasteiger partial charge in [0, 0.05) is 6.08 Å². The fourth-order valence-electron chi connectivity index (χ4n) is 0.824. The van der Waals surface area contributed by atoms with Crippen LogP contribution < -0.4 is 4.74 Å². The van der Waals surface area contributed by atoms with Crippen LogP contribution in [0.2, 0.25) is 0 Å². The first-order valence-electron chi connectivity index (χ1n) is 4.14. The highest BCUT2D eigenvalue weighted by Gasteiger charge is 1.98. The Bertz CT molecular complexity index is 352. The topological polar surface area (TPSA) is 43.4 Å². The van der Waals surface area contributed by atoms with Crippen LogP contribution >= 0.6 is 0 Å². The van der Waals surface area contributed by atoms with Crippen molar-refractivity contribution in [3.8, 4) is 5.75 Å². The molecule has 0 fully saturated rings. The molecule has 1 aromatic rings. The predicted octanol–water partition coefficient (Wildman–Crippen LogP) is 1.74. The summed E-state index contributed by atoms with van der Waals surface area (Å²) in [6, 6.07) is 8.68. The summed E-state index contributed by atoms with van der Waals surface area (Å²) in [5.41, 5.74) is 0. The molecule has 3 nitrogen and oxygen atoms in total. The Kier molecular flexibility index (Phi) is 3.61. The molecule has 0 amide bonds. The second-order valence-electron chi connectivity index (χ2n) is 2.68. The largest absolute Gasteiger partial charge is 0.423 e. The molecule has 1 aromatic carbocycles. The van der Waals surface area contributed by atoms with Crippen molar-refractivity contribution in [2.45, 2.75) is 6.92 Å². The van der Waals surface area contributed by atoms with Gasteiger partial charge in [0.1, 0.15) is 5.75 Å². The molecule has 0 unspecified atom stereocenters. The van der Waals surface area contributed by atoms with E-state index in [1.807, 2.05) is 6.07 Å². The van der Waals surface area contributed by atoms with E-state index in [1.54, 1.807) is 24.3 Å². The molecule has 3 heteroatoms. The van der Waals surface area contributed by atoms with E-state index >= 15 is 0 Å². The Labute approximate surface area is 82.0 Å². The molecule has 0 bridgehead atoms. The second-order valence-corrected chi connectivity index (χ2v) is 2.68. The van der Waals surface area contributed by atoms with Gasteiger partial charge in [0.25, 0.3) is 0 Å². The highest BCUT2D eigenvalue weighted by molar-refractivity contribution is 5.95. The number of para-hydroxylation sites is 1. The van der Waals surface area contributed by atoms with E-state index in [-0.39, 0.29) is 5.78 Å². The first-order valence-corrected chi connectivity index (χ1v) is 4.14. The number of hydrogen-bond donors (Lipinski definition) is 0. The second kappa shape index (κ2) is 4.97. The fourth-order valence-corrected chi connectivity index (χ4v) is 0.824. The molecule has 0 saturated heterocycles. The lowest BCUT2D eigenvalue weighted by atomic mass is 10.3. The third kappa shape index (κ3) is 3.67. The van der Waals surface area contributed by atoms with Crippen LogP contribution in [-0.2, 0) is 9.59 Å². The summed E-state index contributed by atoms with van der Waals surface area (Å²) in [6.45, 7) is 1.37. The van der Waals surface area contributed by atoms with Gasteiger partial charge in [-0.25, -0.2) is 4.79 Å². The van der Waals surface area contributed by atoms with Crippen LogP contribution in [0.25, 0.3) is 0 Å². The van der Waals surface area contributed by atoms with E-state index in [0.29, 0.717) is 5.75 Å². The average molecular weight is 190 g/mol. The van der Waals surface area contributed by atoms with Gasteiger partial charge in [0.15, 0.2) is 5.78 Å². The molecule has 72 valence electrons. The van der Waals surface area contributed by atoms with Gasteiger partial charge in [-0.15, -0.1) is 0 Å². The van der Waals surface area contributed by atoms with Gasteiger partial charge in [-0.2, -0.15) is 0 Å². The molecule has 0 N–H and O–H groups in total. The maximum Gasteiger partial charge on any atom is 0.336 e. The first-order chi connectivity index (χ1) is 6.68. The third-order valence-corrected chi connectivity index (χ3v) is 1.42. The van der Waals surface area contributed by atoms with E-state index in [9.17, 15) is 9.59 Å². The van der Waals surface area contributed by atoms with Gasteiger partial charge in [0.05, 0.1) is 0 Å². The first kappa shape index (κ1) is 10.2. The highest BCUT2D eigenvalue weighted by Crippen LogP contribution is 2.08. The fraction of sp³-hybridized carbons (Fsp3) is 0.0909. The van der Waals surface area contributed by atoms with Gasteiger partial charge in [-0.3, -0.25) is 4.79 Å². The number of carbonyl (C=O) groups excluding carboxylic acids is 2. The van der Waals surface area contributed by atoms with Gasteiger partial charge < -0.3 is 4.74 Å². The van der Waals surface area contributed by atoms with Crippen LogP contribution in [0, 0.1) is 0 Å². The van der Waals surface area contributed by atoms with Crippen molar-refractivity contribution in [2.75, 3.05) is 0 Å². The van der Waals surface area contributed by atoms with Crippen LogP contribution in [0.4, 0.5) is 0 Å². The van der Waals surface area contributed by atoms with Crippen LogP contribution in [0.5, 0.6) is 5.75 Å². The number of carbonyl (C=O) groups is 2. The number of ether oxygens (including phenoxy) is 1. The molecule has 0 atom stereocenters. The van der Waals surface area contributed by atoms with Crippen molar-refractivity contribution in [3.05, 3.63) is 42.5 Å². The van der Waals surface area contributed by atoms with Gasteiger partial charge in [0.2, 0.25) is 0 Å². The van der Waals surface area contributed by atoms with Crippen LogP contribution in [-0.4, -0.2) is 11.8 Å². The molecular formula is C11H10O3. The summed E-state index contributed by atoms with van der Waals surface area (Å²) in [4.78, 5) is 21.6. The van der Waals surface area contributed by atoms with Crippen LogP contribution in [0.1, 0.15) is 6.92 Å². The van der Waals surface area contributed by atoms with Gasteiger partial charge >= 0.3 is 5.97 Å². The molecule has 0 aliphatic rings. The molecule has 0 aliphatic heterocycles. The summed E-state index contributed by atoms with van der Waals surface area (Å²) in [5, 5.41) is 0. The third-order valence-electron chi connectivity index (χ3n) is 1.42. The molecule has 1 rings (SSSR count). The minimum Gasteiger partial charge on any atom is -0.423 e. The minimum absolute atomic E-state index is 0.185. The molecule has 0 saturated carbocycles. The summed E-state index contributed by atoms with van der Waals surface area (Å²) < 4.78 is 4.89. The Morgan fingerprint density at radius 2 is 1.79 bits per heavy atom. The van der Waals surface area contributed by atoms with E-state index in [0.717, 1.165) is 6.08 Å². The van der Waals surface area contributed by atoms with Gasteiger partial charge in [-0.1, -0.05) is 18.2 Å². The minimum atomic E-state index is -0.550. The zero-order valence-corrected chi connectivity index (χ0v) is 7.77. The maximum atomic E-state index is 11.1. The number of esters is 1. The van der Waals surface area contributed by atoms with Crippen molar-refractivity contribution in [2.24, 2.45) is 0 Å². The molecular weight excluding hydrogens is 180 g/mol. The van der Waals surface area contributed by atoms with Crippen molar-refractivity contribution in [3.63, 3.8) is 0 Å². The normalized spacial score (nSPS) is 10.1. The predicted molar refractivity (Wildman–Crippen MR) is 51.9 cm³/mol. The lowest BCUT2D eigenvalue weighted by Crippen LogP contribution is -2.04. The number of rotatable bonds is 3. The zero-order valence-electron chi connectivity index (χ0n) is 7.77. The quantitative estimate of drug-likeness (QED) is 0.414. The molecule has 0 aromatic heterocycles. The van der Waals surface area contributed by atoms with E-state index in [4.69, 9.17) is 4.74 Å². The standard InChI is InChI=1S/C11H10O3/c1-9(12)7-8-11(13)14-10-5-3-2-4-6-10/h2-8H,1H3/b8-7+. The Hall–Kier alpha value is -1.90. The van der Waals surface area contributed by atoms with E-state index in [1.165, 1.54) is 13.0 Å². The summed E-state index contributed by atoms with van der Waals surface area (Å²) >= 11 is 0. The van der Waals surface area contributed by atoms with E-state index in [2.05, 4.69) is 0 Å². The number of allylic oxidation sites excluding steroid dienone is 1. The van der Waals surface area contributed by atoms with Gasteiger partial charge in [-0.05, 0) is 25.1 Å². The number of ketones is 1. The zero-order chi connectivity index (χ0) is 10.4. The Balaban J connectivity index is 2.54. The molecule has 0 aliphatic carbocycles. The highest BCUT2D eigenvalue weighted by atomic mass is 16.5. The maximum absolute atomic E-state index is 11.1. The molecule has 14 heavy (non-hydrogen) atoms. The smallest absolute Gasteiger partial charge is 0.336 e. The van der Waals surface area contributed by atoms with Crippen LogP contribution in [0.3, 0.4) is 0 Å². The summed E-state index contributed by atoms with van der Waals surface area (Å²) in [7, 11) is 0. The van der Waals surface area contributed by atoms with Crippen molar-refractivity contribution >= 4 is 11.8 Å². The molecule has 0 heterocycles. The average Bonchev–Trinajstić information content (AvgIpc) is 2.16. The Morgan fingerprint density at radius 3 is 2.36 bits per heavy atom. The van der Waals surface area contributed by atoms with Crippen LogP contribution in [0.15, 0.2) is 42.5 Å². The molecule has 0 radical (unpaired) electrons. The number of benzene rings is 1. The Morgan fingerprint density at radius 1 is 1.14 bits per heavy atom. The summed E-state index contributed by atoms with van der Waals surface area (Å²) in [5.74, 6) is -0.271. The summed E-state index contributed by atoms with van der Waals surface area (Å²) in [6.07, 6.45) is 2.28. The molecule has 0 spiro atoms. The number of hydrogen-bond acceptors (Lipinski definition) is 3. The van der Waals surface area contributed by atoms with Crippen molar-refractivity contribution < 1.29 is 14.3 Å². The lowest BCUT2D eigenvalue weighted by Gasteiger charge is -1.98. The van der Waals surface area contributed by atoms with Crippen molar-refractivity contribution in [1.29, 1.82) is 0 Å². The monoisotopic (exact) mass is 190 g/mol. The SMILES string of the molecule is CC(=O)/C=C/C(=O)Oc1ccccc1. The van der Waals surface area contributed by atoms with Crippen molar-refractivity contribution in [1.82, 2.24) is 0 Å². The van der Waals surface area contributed by atoms with E-state index < -0.39 is 5.97 Å².